The van der Waals surface area contributed by atoms with E-state index in [2.05, 4.69) is 16.8 Å². The Morgan fingerprint density at radius 3 is 2.94 bits per heavy atom. The van der Waals surface area contributed by atoms with Gasteiger partial charge >= 0.3 is 0 Å². The van der Waals surface area contributed by atoms with E-state index in [-0.39, 0.29) is 18.3 Å². The van der Waals surface area contributed by atoms with Gasteiger partial charge in [-0.05, 0) is 24.0 Å². The molecule has 1 aromatic rings. The van der Waals surface area contributed by atoms with Crippen LogP contribution in [0.1, 0.15) is 12.6 Å². The number of sulfonamides is 1. The molecule has 2 heterocycles. The van der Waals surface area contributed by atoms with Crippen LogP contribution in [0.15, 0.2) is 18.2 Å². The van der Waals surface area contributed by atoms with Crippen molar-refractivity contribution >= 4 is 15.8 Å². The minimum absolute atomic E-state index is 0.101. The van der Waals surface area contributed by atoms with Crippen molar-refractivity contribution in [2.45, 2.75) is 6.92 Å². The fourth-order valence-electron chi connectivity index (χ4n) is 1.90. The molecule has 1 N–H and O–H groups in total. The lowest BCUT2D eigenvalue weighted by atomic mass is 10.2. The first-order chi connectivity index (χ1) is 8.53. The second-order valence-corrected chi connectivity index (χ2v) is 6.19. The van der Waals surface area contributed by atoms with E-state index >= 15 is 0 Å². The zero-order valence-corrected chi connectivity index (χ0v) is 10.8. The van der Waals surface area contributed by atoms with Crippen LogP contribution in [0.5, 0.6) is 0 Å². The molecule has 1 aromatic heterocycles. The first kappa shape index (κ1) is 12.9. The second-order valence-electron chi connectivity index (χ2n) is 4.26. The number of pyridine rings is 1. The molecular weight excluding hydrogens is 252 g/mol. The maximum Gasteiger partial charge on any atom is 0.236 e. The predicted octanol–water partition coefficient (Wildman–Crippen LogP) is 0.211. The van der Waals surface area contributed by atoms with Gasteiger partial charge in [0, 0.05) is 6.54 Å². The average Bonchev–Trinajstić information content (AvgIpc) is 2.60. The van der Waals surface area contributed by atoms with Gasteiger partial charge < -0.3 is 5.11 Å². The number of aromatic nitrogens is 1. The minimum Gasteiger partial charge on any atom is -0.384 e. The van der Waals surface area contributed by atoms with Crippen molar-refractivity contribution in [3.63, 3.8) is 0 Å². The van der Waals surface area contributed by atoms with Crippen molar-refractivity contribution in [2.24, 2.45) is 5.92 Å². The van der Waals surface area contributed by atoms with Gasteiger partial charge in [0.25, 0.3) is 0 Å². The molecule has 0 spiro atoms. The highest BCUT2D eigenvalue weighted by Gasteiger charge is 2.34. The van der Waals surface area contributed by atoms with Crippen molar-refractivity contribution in [1.82, 2.24) is 4.98 Å². The van der Waals surface area contributed by atoms with Gasteiger partial charge in [-0.25, -0.2) is 13.4 Å². The Hall–Kier alpha value is -1.58. The van der Waals surface area contributed by atoms with Gasteiger partial charge in [-0.3, -0.25) is 4.31 Å². The number of nitrogens with zero attached hydrogens (tertiary/aromatic N) is 2. The van der Waals surface area contributed by atoms with Crippen molar-refractivity contribution < 1.29 is 13.5 Å². The van der Waals surface area contributed by atoms with Crippen LogP contribution in [0.2, 0.25) is 0 Å². The molecule has 0 radical (unpaired) electrons. The highest BCUT2D eigenvalue weighted by molar-refractivity contribution is 7.93. The third-order valence-corrected chi connectivity index (χ3v) is 4.59. The largest absolute Gasteiger partial charge is 0.384 e. The smallest absolute Gasteiger partial charge is 0.236 e. The van der Waals surface area contributed by atoms with Crippen LogP contribution < -0.4 is 4.31 Å². The molecule has 18 heavy (non-hydrogen) atoms. The molecule has 1 unspecified atom stereocenters. The summed E-state index contributed by atoms with van der Waals surface area (Å²) in [5.41, 5.74) is 0.455. The van der Waals surface area contributed by atoms with E-state index in [4.69, 9.17) is 5.11 Å². The fourth-order valence-corrected chi connectivity index (χ4v) is 3.77. The molecule has 0 aromatic carbocycles. The lowest BCUT2D eigenvalue weighted by Crippen LogP contribution is -2.26. The third kappa shape index (κ3) is 2.63. The molecule has 5 nitrogen and oxygen atoms in total. The summed E-state index contributed by atoms with van der Waals surface area (Å²) in [6, 6.07) is 5.04. The van der Waals surface area contributed by atoms with E-state index in [1.54, 1.807) is 18.2 Å². The van der Waals surface area contributed by atoms with Crippen molar-refractivity contribution in [3.05, 3.63) is 23.9 Å². The Kier molecular flexibility index (Phi) is 3.55. The summed E-state index contributed by atoms with van der Waals surface area (Å²) in [7, 11) is -3.25. The average molecular weight is 266 g/mol. The van der Waals surface area contributed by atoms with Crippen molar-refractivity contribution in [2.75, 3.05) is 23.2 Å². The molecule has 6 heteroatoms. The summed E-state index contributed by atoms with van der Waals surface area (Å²) in [6.45, 7) is 2.10. The quantitative estimate of drug-likeness (QED) is 0.738. The Balaban J connectivity index is 2.34. The zero-order chi connectivity index (χ0) is 13.2. The molecule has 1 atom stereocenters. The van der Waals surface area contributed by atoms with E-state index in [9.17, 15) is 8.42 Å². The Morgan fingerprint density at radius 2 is 2.33 bits per heavy atom. The molecule has 96 valence electrons. The van der Waals surface area contributed by atoms with Gasteiger partial charge in [0.1, 0.15) is 18.1 Å². The lowest BCUT2D eigenvalue weighted by molar-refractivity contribution is 0.350. The Bertz CT molecular complexity index is 601. The van der Waals surface area contributed by atoms with Crippen molar-refractivity contribution in [1.29, 1.82) is 0 Å². The van der Waals surface area contributed by atoms with E-state index in [1.807, 2.05) is 6.92 Å². The van der Waals surface area contributed by atoms with Crippen LogP contribution in [0.3, 0.4) is 0 Å². The number of hydrogen-bond donors (Lipinski definition) is 1. The van der Waals surface area contributed by atoms with E-state index in [0.29, 0.717) is 18.1 Å². The summed E-state index contributed by atoms with van der Waals surface area (Å²) in [5, 5.41) is 8.62. The molecule has 0 saturated carbocycles. The Labute approximate surface area is 107 Å². The van der Waals surface area contributed by atoms with Gasteiger partial charge in [0.15, 0.2) is 0 Å². The topological polar surface area (TPSA) is 70.5 Å². The van der Waals surface area contributed by atoms with Crippen LogP contribution in [0.4, 0.5) is 5.82 Å². The molecule has 1 aliphatic heterocycles. The minimum atomic E-state index is -3.25. The molecular formula is C12H14N2O3S. The first-order valence-corrected chi connectivity index (χ1v) is 7.21. The first-order valence-electron chi connectivity index (χ1n) is 5.60. The predicted molar refractivity (Wildman–Crippen MR) is 68.5 cm³/mol. The summed E-state index contributed by atoms with van der Waals surface area (Å²) < 4.78 is 25.1. The fraction of sp³-hybridized carbons (Fsp3) is 0.417. The highest BCUT2D eigenvalue weighted by Crippen LogP contribution is 2.25. The number of aliphatic hydroxyl groups excluding tert-OH is 1. The van der Waals surface area contributed by atoms with E-state index in [0.717, 1.165) is 0 Å². The van der Waals surface area contributed by atoms with Crippen LogP contribution >= 0.6 is 0 Å². The molecule has 0 amide bonds. The van der Waals surface area contributed by atoms with Gasteiger partial charge in [0.2, 0.25) is 10.0 Å². The molecule has 0 bridgehead atoms. The Morgan fingerprint density at radius 1 is 1.56 bits per heavy atom. The monoisotopic (exact) mass is 266 g/mol. The second kappa shape index (κ2) is 4.96. The lowest BCUT2D eigenvalue weighted by Gasteiger charge is -2.15. The normalized spacial score (nSPS) is 21.4. The molecule has 1 aliphatic rings. The zero-order valence-electron chi connectivity index (χ0n) is 10.00. The molecule has 2 rings (SSSR count). The molecule has 0 aliphatic carbocycles. The number of hydrogen-bond acceptors (Lipinski definition) is 4. The maximum atomic E-state index is 11.9. The molecule has 1 fully saturated rings. The van der Waals surface area contributed by atoms with E-state index < -0.39 is 10.0 Å². The maximum absolute atomic E-state index is 11.9. The summed E-state index contributed by atoms with van der Waals surface area (Å²) in [4.78, 5) is 4.18. The molecule has 1 saturated heterocycles. The van der Waals surface area contributed by atoms with Gasteiger partial charge in [-0.2, -0.15) is 0 Å². The van der Waals surface area contributed by atoms with Crippen LogP contribution in [0, 0.1) is 17.8 Å². The summed E-state index contributed by atoms with van der Waals surface area (Å²) in [5.74, 6) is 5.80. The van der Waals surface area contributed by atoms with Crippen LogP contribution in [-0.2, 0) is 10.0 Å². The third-order valence-electron chi connectivity index (χ3n) is 2.59. The van der Waals surface area contributed by atoms with Crippen LogP contribution in [-0.4, -0.2) is 37.4 Å². The summed E-state index contributed by atoms with van der Waals surface area (Å²) >= 11 is 0. The van der Waals surface area contributed by atoms with Crippen LogP contribution in [0.25, 0.3) is 0 Å². The van der Waals surface area contributed by atoms with Gasteiger partial charge in [-0.15, -0.1) is 0 Å². The standard InChI is InChI=1S/C12H14N2O3S/c1-10-8-14(18(16,17)9-10)12-6-2-4-11(13-12)5-3-7-15/h2,4,6,10,15H,7-9H2,1H3. The van der Waals surface area contributed by atoms with E-state index in [1.165, 1.54) is 4.31 Å². The van der Waals surface area contributed by atoms with Gasteiger partial charge in [0.05, 0.1) is 5.75 Å². The van der Waals surface area contributed by atoms with Gasteiger partial charge in [-0.1, -0.05) is 18.9 Å². The van der Waals surface area contributed by atoms with Crippen molar-refractivity contribution in [3.8, 4) is 11.8 Å². The number of rotatable bonds is 1. The number of anilines is 1. The number of aliphatic hydroxyl groups is 1. The highest BCUT2D eigenvalue weighted by atomic mass is 32.2. The summed E-state index contributed by atoms with van der Waals surface area (Å²) in [6.07, 6.45) is 0. The SMILES string of the molecule is CC1CN(c2cccc(C#CCO)n2)S(=O)(=O)C1.